The minimum absolute atomic E-state index is 0.0966. The molecule has 20 heavy (non-hydrogen) atoms. The molecular formula is C14H19N3O3. The van der Waals surface area contributed by atoms with Crippen LogP contribution < -0.4 is 15.8 Å². The van der Waals surface area contributed by atoms with Gasteiger partial charge in [0, 0.05) is 18.8 Å². The van der Waals surface area contributed by atoms with E-state index in [4.69, 9.17) is 10.5 Å². The maximum absolute atomic E-state index is 12.2. The highest BCUT2D eigenvalue weighted by Gasteiger charge is 2.40. The van der Waals surface area contributed by atoms with Crippen molar-refractivity contribution in [3.63, 3.8) is 0 Å². The van der Waals surface area contributed by atoms with Gasteiger partial charge in [0.25, 0.3) is 5.91 Å². The number of hydrogen-bond donors (Lipinski definition) is 2. The fourth-order valence-corrected chi connectivity index (χ4v) is 2.12. The Hall–Kier alpha value is -2.24. The predicted octanol–water partition coefficient (Wildman–Crippen LogP) is 0.385. The SMILES string of the molecule is CC1(C)C(=O)NCCN1C(=O)COc1ccc(N)cc1. The average Bonchev–Trinajstić information content (AvgIpc) is 2.41. The van der Waals surface area contributed by atoms with Crippen molar-refractivity contribution in [2.75, 3.05) is 25.4 Å². The van der Waals surface area contributed by atoms with E-state index in [1.54, 1.807) is 43.0 Å². The second kappa shape index (κ2) is 5.40. The zero-order valence-electron chi connectivity index (χ0n) is 11.7. The number of carbonyl (C=O) groups is 2. The van der Waals surface area contributed by atoms with Crippen molar-refractivity contribution in [1.82, 2.24) is 10.2 Å². The van der Waals surface area contributed by atoms with E-state index >= 15 is 0 Å². The van der Waals surface area contributed by atoms with Crippen LogP contribution >= 0.6 is 0 Å². The summed E-state index contributed by atoms with van der Waals surface area (Å²) in [4.78, 5) is 25.5. The lowest BCUT2D eigenvalue weighted by atomic mass is 9.99. The third-order valence-electron chi connectivity index (χ3n) is 3.39. The zero-order chi connectivity index (χ0) is 14.8. The molecule has 108 valence electrons. The fraction of sp³-hybridized carbons (Fsp3) is 0.429. The average molecular weight is 277 g/mol. The Labute approximate surface area is 117 Å². The Morgan fingerprint density at radius 1 is 1.40 bits per heavy atom. The van der Waals surface area contributed by atoms with Gasteiger partial charge in [-0.3, -0.25) is 9.59 Å². The van der Waals surface area contributed by atoms with Gasteiger partial charge in [0.15, 0.2) is 6.61 Å². The number of ether oxygens (including phenoxy) is 1. The number of rotatable bonds is 3. The van der Waals surface area contributed by atoms with Crippen LogP contribution in [0, 0.1) is 0 Å². The van der Waals surface area contributed by atoms with E-state index < -0.39 is 5.54 Å². The van der Waals surface area contributed by atoms with Crippen LogP contribution in [-0.4, -0.2) is 41.9 Å². The molecule has 1 aliphatic heterocycles. The van der Waals surface area contributed by atoms with Crippen LogP contribution in [0.5, 0.6) is 5.75 Å². The van der Waals surface area contributed by atoms with Crippen molar-refractivity contribution in [3.05, 3.63) is 24.3 Å². The van der Waals surface area contributed by atoms with E-state index in [1.807, 2.05) is 0 Å². The molecule has 2 amide bonds. The Morgan fingerprint density at radius 2 is 2.05 bits per heavy atom. The standard InChI is InChI=1S/C14H19N3O3/c1-14(2)13(19)16-7-8-17(14)12(18)9-20-11-5-3-10(15)4-6-11/h3-6H,7-9,15H2,1-2H3,(H,16,19). The van der Waals surface area contributed by atoms with E-state index in [2.05, 4.69) is 5.32 Å². The second-order valence-electron chi connectivity index (χ2n) is 5.22. The number of amides is 2. The molecule has 0 saturated carbocycles. The highest BCUT2D eigenvalue weighted by atomic mass is 16.5. The van der Waals surface area contributed by atoms with E-state index in [9.17, 15) is 9.59 Å². The van der Waals surface area contributed by atoms with Gasteiger partial charge in [-0.2, -0.15) is 0 Å². The summed E-state index contributed by atoms with van der Waals surface area (Å²) in [5, 5.41) is 2.75. The van der Waals surface area contributed by atoms with Crippen LogP contribution in [0.25, 0.3) is 0 Å². The summed E-state index contributed by atoms with van der Waals surface area (Å²) < 4.78 is 5.43. The Balaban J connectivity index is 1.97. The fourth-order valence-electron chi connectivity index (χ4n) is 2.12. The van der Waals surface area contributed by atoms with E-state index in [0.29, 0.717) is 24.5 Å². The Kier molecular flexibility index (Phi) is 3.83. The smallest absolute Gasteiger partial charge is 0.261 e. The molecule has 1 fully saturated rings. The highest BCUT2D eigenvalue weighted by molar-refractivity contribution is 5.92. The van der Waals surface area contributed by atoms with Gasteiger partial charge in [0.2, 0.25) is 5.91 Å². The lowest BCUT2D eigenvalue weighted by Gasteiger charge is -2.41. The molecule has 1 heterocycles. The molecule has 0 bridgehead atoms. The van der Waals surface area contributed by atoms with Gasteiger partial charge >= 0.3 is 0 Å². The number of hydrogen-bond acceptors (Lipinski definition) is 4. The van der Waals surface area contributed by atoms with Gasteiger partial charge in [-0.15, -0.1) is 0 Å². The molecule has 3 N–H and O–H groups in total. The first-order valence-corrected chi connectivity index (χ1v) is 6.48. The Bertz CT molecular complexity index is 511. The lowest BCUT2D eigenvalue weighted by molar-refractivity contribution is -0.150. The van der Waals surface area contributed by atoms with Gasteiger partial charge in [-0.1, -0.05) is 0 Å². The van der Waals surface area contributed by atoms with Crippen molar-refractivity contribution in [2.24, 2.45) is 0 Å². The molecule has 0 spiro atoms. The normalized spacial score (nSPS) is 17.5. The van der Waals surface area contributed by atoms with Gasteiger partial charge < -0.3 is 20.7 Å². The highest BCUT2D eigenvalue weighted by Crippen LogP contribution is 2.18. The third-order valence-corrected chi connectivity index (χ3v) is 3.39. The lowest BCUT2D eigenvalue weighted by Crippen LogP contribution is -2.64. The van der Waals surface area contributed by atoms with Crippen LogP contribution in [0.3, 0.4) is 0 Å². The quantitative estimate of drug-likeness (QED) is 0.782. The summed E-state index contributed by atoms with van der Waals surface area (Å²) in [5.41, 5.74) is 5.36. The number of anilines is 1. The van der Waals surface area contributed by atoms with E-state index in [-0.39, 0.29) is 18.4 Å². The summed E-state index contributed by atoms with van der Waals surface area (Å²) in [6, 6.07) is 6.82. The van der Waals surface area contributed by atoms with Crippen molar-refractivity contribution < 1.29 is 14.3 Å². The van der Waals surface area contributed by atoms with Gasteiger partial charge in [0.1, 0.15) is 11.3 Å². The molecule has 1 saturated heterocycles. The van der Waals surface area contributed by atoms with Crippen LogP contribution in [0.4, 0.5) is 5.69 Å². The zero-order valence-corrected chi connectivity index (χ0v) is 11.7. The molecule has 0 atom stereocenters. The Morgan fingerprint density at radius 3 is 2.70 bits per heavy atom. The van der Waals surface area contributed by atoms with Gasteiger partial charge in [-0.05, 0) is 38.1 Å². The molecule has 0 aliphatic carbocycles. The maximum Gasteiger partial charge on any atom is 0.261 e. The van der Waals surface area contributed by atoms with Crippen molar-refractivity contribution >= 4 is 17.5 Å². The number of benzene rings is 1. The molecule has 1 aromatic carbocycles. The summed E-state index contributed by atoms with van der Waals surface area (Å²) in [6.07, 6.45) is 0. The molecule has 0 unspecified atom stereocenters. The number of nitrogens with one attached hydrogen (secondary N) is 1. The van der Waals surface area contributed by atoms with Crippen LogP contribution in [0.1, 0.15) is 13.8 Å². The van der Waals surface area contributed by atoms with E-state index in [1.165, 1.54) is 0 Å². The van der Waals surface area contributed by atoms with Gasteiger partial charge in [0.05, 0.1) is 0 Å². The maximum atomic E-state index is 12.2. The van der Waals surface area contributed by atoms with Crippen molar-refractivity contribution in [2.45, 2.75) is 19.4 Å². The number of nitrogen functional groups attached to an aromatic ring is 1. The first kappa shape index (κ1) is 14.2. The monoisotopic (exact) mass is 277 g/mol. The number of piperazine rings is 1. The molecule has 2 rings (SSSR count). The molecule has 0 radical (unpaired) electrons. The minimum Gasteiger partial charge on any atom is -0.484 e. The summed E-state index contributed by atoms with van der Waals surface area (Å²) in [6.45, 7) is 4.31. The molecule has 0 aromatic heterocycles. The third kappa shape index (κ3) is 2.84. The van der Waals surface area contributed by atoms with Crippen molar-refractivity contribution in [3.8, 4) is 5.75 Å². The molecule has 6 nitrogen and oxygen atoms in total. The number of carbonyl (C=O) groups excluding carboxylic acids is 2. The minimum atomic E-state index is -0.847. The first-order chi connectivity index (χ1) is 9.41. The summed E-state index contributed by atoms with van der Waals surface area (Å²) in [5.74, 6) is 0.220. The first-order valence-electron chi connectivity index (χ1n) is 6.48. The molecular weight excluding hydrogens is 258 g/mol. The van der Waals surface area contributed by atoms with Gasteiger partial charge in [-0.25, -0.2) is 0 Å². The number of nitrogens with zero attached hydrogens (tertiary/aromatic N) is 1. The second-order valence-corrected chi connectivity index (χ2v) is 5.22. The van der Waals surface area contributed by atoms with Crippen LogP contribution in [-0.2, 0) is 9.59 Å². The van der Waals surface area contributed by atoms with Crippen LogP contribution in [0.2, 0.25) is 0 Å². The van der Waals surface area contributed by atoms with Crippen LogP contribution in [0.15, 0.2) is 24.3 Å². The topological polar surface area (TPSA) is 84.7 Å². The molecule has 1 aromatic rings. The molecule has 6 heteroatoms. The van der Waals surface area contributed by atoms with E-state index in [0.717, 1.165) is 0 Å². The number of nitrogens with two attached hydrogens (primary N) is 1. The largest absolute Gasteiger partial charge is 0.484 e. The summed E-state index contributed by atoms with van der Waals surface area (Å²) in [7, 11) is 0. The predicted molar refractivity (Wildman–Crippen MR) is 75.2 cm³/mol. The van der Waals surface area contributed by atoms with Crippen molar-refractivity contribution in [1.29, 1.82) is 0 Å². The molecule has 1 aliphatic rings. The summed E-state index contributed by atoms with van der Waals surface area (Å²) >= 11 is 0.